The van der Waals surface area contributed by atoms with Crippen LogP contribution in [-0.2, 0) is 14.7 Å². The molecule has 2 heterocycles. The lowest BCUT2D eigenvalue weighted by molar-refractivity contribution is 0.0941. The molecule has 0 spiro atoms. The Morgan fingerprint density at radius 2 is 1.67 bits per heavy atom. The van der Waals surface area contributed by atoms with Crippen molar-refractivity contribution in [2.24, 2.45) is 5.41 Å². The van der Waals surface area contributed by atoms with Gasteiger partial charge in [0.2, 0.25) is 0 Å². The van der Waals surface area contributed by atoms with Crippen LogP contribution in [0.25, 0.3) is 0 Å². The molecule has 1 unspecified atom stereocenters. The minimum absolute atomic E-state index is 0.0651. The van der Waals surface area contributed by atoms with Crippen LogP contribution in [0.15, 0.2) is 18.2 Å². The number of ether oxygens (including phenoxy) is 3. The molecule has 0 amide bonds. The van der Waals surface area contributed by atoms with Crippen LogP contribution in [0.2, 0.25) is 0 Å². The normalized spacial score (nSPS) is 22.5. The standard InChI is InChI=1S/C18H26O5S/c1-18(2,3)17(24(20)10-8-21-9-11-24)16(19)13-4-5-14-15(12-13)23-7-6-22-14/h4-5,12,17,24H,6-11H2,1-3H3. The van der Waals surface area contributed by atoms with Crippen LogP contribution in [0.4, 0.5) is 0 Å². The number of rotatable bonds is 3. The molecule has 0 N–H and O–H groups in total. The molecule has 0 saturated carbocycles. The number of hydrogen-bond donors (Lipinski definition) is 1. The van der Waals surface area contributed by atoms with Crippen molar-refractivity contribution < 1.29 is 23.2 Å². The first-order valence-corrected chi connectivity index (χ1v) is 10.6. The van der Waals surface area contributed by atoms with Crippen LogP contribution >= 0.6 is 0 Å². The highest BCUT2D eigenvalue weighted by Crippen LogP contribution is 2.37. The first kappa shape index (κ1) is 17.4. The topological polar surface area (TPSA) is 61.8 Å². The maximum Gasteiger partial charge on any atom is 0.177 e. The molecule has 1 aromatic carbocycles. The largest absolute Gasteiger partial charge is 0.486 e. The Labute approximate surface area is 144 Å². The average molecular weight is 354 g/mol. The molecule has 3 rings (SSSR count). The van der Waals surface area contributed by atoms with Crippen LogP contribution in [0.5, 0.6) is 11.5 Å². The number of carbonyl (C=O) groups excluding carboxylic acids is 1. The molecule has 2 aliphatic heterocycles. The zero-order chi connectivity index (χ0) is 17.4. The van der Waals surface area contributed by atoms with E-state index in [4.69, 9.17) is 14.2 Å². The van der Waals surface area contributed by atoms with Crippen molar-refractivity contribution in [2.75, 3.05) is 37.9 Å². The van der Waals surface area contributed by atoms with Gasteiger partial charge in [0.05, 0.1) is 18.5 Å². The lowest BCUT2D eigenvalue weighted by Crippen LogP contribution is -2.51. The molecule has 1 aromatic rings. The molecule has 134 valence electrons. The third-order valence-electron chi connectivity index (χ3n) is 4.59. The number of benzene rings is 1. The molecule has 1 fully saturated rings. The van der Waals surface area contributed by atoms with E-state index >= 15 is 0 Å². The van der Waals surface area contributed by atoms with E-state index in [9.17, 15) is 9.00 Å². The molecule has 1 atom stereocenters. The number of carbonyl (C=O) groups is 1. The molecule has 5 nitrogen and oxygen atoms in total. The summed E-state index contributed by atoms with van der Waals surface area (Å²) in [5, 5.41) is -0.503. The lowest BCUT2D eigenvalue weighted by atomic mass is 9.87. The average Bonchev–Trinajstić information content (AvgIpc) is 2.53. The second-order valence-corrected chi connectivity index (χ2v) is 10.8. The second-order valence-electron chi connectivity index (χ2n) is 7.50. The fourth-order valence-electron chi connectivity index (χ4n) is 3.58. The van der Waals surface area contributed by atoms with Gasteiger partial charge in [0, 0.05) is 17.1 Å². The smallest absolute Gasteiger partial charge is 0.177 e. The Kier molecular flexibility index (Phi) is 4.71. The molecular weight excluding hydrogens is 328 g/mol. The fraction of sp³-hybridized carbons (Fsp3) is 0.611. The van der Waals surface area contributed by atoms with Gasteiger partial charge in [0.1, 0.15) is 13.2 Å². The molecule has 6 heteroatoms. The summed E-state index contributed by atoms with van der Waals surface area (Å²) >= 11 is 0. The number of ketones is 1. The zero-order valence-electron chi connectivity index (χ0n) is 14.5. The quantitative estimate of drug-likeness (QED) is 0.665. The van der Waals surface area contributed by atoms with Crippen LogP contribution in [0.1, 0.15) is 31.1 Å². The van der Waals surface area contributed by atoms with Gasteiger partial charge in [-0.05, 0) is 23.6 Å². The van der Waals surface area contributed by atoms with E-state index in [1.807, 2.05) is 20.8 Å². The molecule has 24 heavy (non-hydrogen) atoms. The maximum atomic E-state index is 13.5. The Balaban J connectivity index is 1.96. The predicted octanol–water partition coefficient (Wildman–Crippen LogP) is 2.10. The van der Waals surface area contributed by atoms with Crippen molar-refractivity contribution in [3.63, 3.8) is 0 Å². The minimum atomic E-state index is -2.64. The van der Waals surface area contributed by atoms with Gasteiger partial charge >= 0.3 is 0 Å². The van der Waals surface area contributed by atoms with E-state index < -0.39 is 15.2 Å². The van der Waals surface area contributed by atoms with E-state index in [1.165, 1.54) is 0 Å². The van der Waals surface area contributed by atoms with E-state index in [0.29, 0.717) is 55.0 Å². The molecule has 0 radical (unpaired) electrons. The summed E-state index contributed by atoms with van der Waals surface area (Å²) in [6.07, 6.45) is 0. The molecule has 1 saturated heterocycles. The van der Waals surface area contributed by atoms with Crippen molar-refractivity contribution in [3.8, 4) is 11.5 Å². The molecule has 0 bridgehead atoms. The van der Waals surface area contributed by atoms with Crippen LogP contribution in [0.3, 0.4) is 0 Å². The van der Waals surface area contributed by atoms with Crippen LogP contribution < -0.4 is 9.47 Å². The Hall–Kier alpha value is -1.40. The van der Waals surface area contributed by atoms with Gasteiger partial charge in [-0.3, -0.25) is 9.00 Å². The van der Waals surface area contributed by atoms with Gasteiger partial charge in [-0.2, -0.15) is 0 Å². The van der Waals surface area contributed by atoms with Crippen LogP contribution in [-0.4, -0.2) is 53.2 Å². The van der Waals surface area contributed by atoms with Crippen molar-refractivity contribution in [3.05, 3.63) is 23.8 Å². The second kappa shape index (κ2) is 6.48. The molecule has 0 aliphatic carbocycles. The van der Waals surface area contributed by atoms with Gasteiger partial charge < -0.3 is 14.2 Å². The van der Waals surface area contributed by atoms with Gasteiger partial charge in [-0.25, -0.2) is 0 Å². The molecule has 0 aromatic heterocycles. The van der Waals surface area contributed by atoms with E-state index in [1.54, 1.807) is 18.2 Å². The maximum absolute atomic E-state index is 13.5. The van der Waals surface area contributed by atoms with Crippen molar-refractivity contribution >= 4 is 15.7 Å². The number of hydrogen-bond acceptors (Lipinski definition) is 5. The molecular formula is C18H26O5S. The van der Waals surface area contributed by atoms with Gasteiger partial charge in [-0.15, -0.1) is 0 Å². The number of Topliss-reactive ketones (excluding diaryl/α,β-unsaturated/α-hetero) is 1. The van der Waals surface area contributed by atoms with Crippen molar-refractivity contribution in [1.82, 2.24) is 0 Å². The fourth-order valence-corrected chi connectivity index (χ4v) is 7.18. The summed E-state index contributed by atoms with van der Waals surface area (Å²) in [5.74, 6) is 2.13. The number of thiol groups is 1. The lowest BCUT2D eigenvalue weighted by Gasteiger charge is -2.41. The van der Waals surface area contributed by atoms with Crippen molar-refractivity contribution in [1.29, 1.82) is 0 Å². The van der Waals surface area contributed by atoms with E-state index in [-0.39, 0.29) is 11.2 Å². The predicted molar refractivity (Wildman–Crippen MR) is 95.1 cm³/mol. The van der Waals surface area contributed by atoms with Crippen molar-refractivity contribution in [2.45, 2.75) is 26.0 Å². The summed E-state index contributed by atoms with van der Waals surface area (Å²) in [6.45, 7) is 7.90. The third-order valence-corrected chi connectivity index (χ3v) is 8.42. The highest BCUT2D eigenvalue weighted by Gasteiger charge is 2.43. The highest BCUT2D eigenvalue weighted by atomic mass is 32.2. The summed E-state index contributed by atoms with van der Waals surface area (Å²) in [7, 11) is -2.64. The Bertz CT molecular complexity index is 666. The summed E-state index contributed by atoms with van der Waals surface area (Å²) < 4.78 is 30.0. The third kappa shape index (κ3) is 3.35. The number of fused-ring (bicyclic) bond motifs is 1. The first-order chi connectivity index (χ1) is 11.3. The summed E-state index contributed by atoms with van der Waals surface area (Å²) in [6, 6.07) is 5.24. The summed E-state index contributed by atoms with van der Waals surface area (Å²) in [4.78, 5) is 13.3. The van der Waals surface area contributed by atoms with E-state index in [2.05, 4.69) is 0 Å². The highest BCUT2D eigenvalue weighted by molar-refractivity contribution is 8.04. The molecule has 2 aliphatic rings. The Morgan fingerprint density at radius 3 is 2.29 bits per heavy atom. The van der Waals surface area contributed by atoms with Gasteiger partial charge in [-0.1, -0.05) is 30.7 Å². The SMILES string of the molecule is CC(C)(C)C(C(=O)c1ccc2c(c1)OCCO2)[SH]1(=O)CCOCC1. The zero-order valence-corrected chi connectivity index (χ0v) is 15.4. The first-order valence-electron chi connectivity index (χ1n) is 8.41. The summed E-state index contributed by atoms with van der Waals surface area (Å²) in [5.41, 5.74) is 0.165. The monoisotopic (exact) mass is 354 g/mol. The Morgan fingerprint density at radius 1 is 1.04 bits per heavy atom. The van der Waals surface area contributed by atoms with Crippen LogP contribution in [0, 0.1) is 5.41 Å². The van der Waals surface area contributed by atoms with E-state index in [0.717, 1.165) is 0 Å². The minimum Gasteiger partial charge on any atom is -0.486 e. The van der Waals surface area contributed by atoms with Gasteiger partial charge in [0.15, 0.2) is 17.3 Å². The van der Waals surface area contributed by atoms with Gasteiger partial charge in [0.25, 0.3) is 0 Å².